The SMILES string of the molecule is Cc1ccc(C(=O)N2CCC[C@H](COc3ccc(C(=O)NC(C)C)cc3)C2)c(C)c1. The van der Waals surface area contributed by atoms with Crippen LogP contribution >= 0.6 is 0 Å². The number of aryl methyl sites for hydroxylation is 2. The molecule has 5 nitrogen and oxygen atoms in total. The van der Waals surface area contributed by atoms with Crippen LogP contribution in [-0.2, 0) is 0 Å². The maximum absolute atomic E-state index is 13.0. The minimum Gasteiger partial charge on any atom is -0.493 e. The van der Waals surface area contributed by atoms with Crippen molar-refractivity contribution in [1.29, 1.82) is 0 Å². The average molecular weight is 409 g/mol. The Morgan fingerprint density at radius 2 is 1.87 bits per heavy atom. The average Bonchev–Trinajstić information content (AvgIpc) is 2.72. The fourth-order valence-electron chi connectivity index (χ4n) is 3.87. The lowest BCUT2D eigenvalue weighted by atomic mass is 9.97. The summed E-state index contributed by atoms with van der Waals surface area (Å²) < 4.78 is 5.96. The van der Waals surface area contributed by atoms with Gasteiger partial charge in [0.25, 0.3) is 11.8 Å². The van der Waals surface area contributed by atoms with Gasteiger partial charge in [-0.25, -0.2) is 0 Å². The van der Waals surface area contributed by atoms with Gasteiger partial charge in [0.15, 0.2) is 0 Å². The molecule has 1 aliphatic heterocycles. The van der Waals surface area contributed by atoms with Gasteiger partial charge in [-0.3, -0.25) is 9.59 Å². The van der Waals surface area contributed by atoms with E-state index in [0.29, 0.717) is 24.6 Å². The normalized spacial score (nSPS) is 16.4. The summed E-state index contributed by atoms with van der Waals surface area (Å²) in [7, 11) is 0. The first kappa shape index (κ1) is 21.9. The summed E-state index contributed by atoms with van der Waals surface area (Å²) in [6.07, 6.45) is 2.03. The fraction of sp³-hybridized carbons (Fsp3) is 0.440. The molecule has 2 aromatic carbocycles. The summed E-state index contributed by atoms with van der Waals surface area (Å²) in [5.74, 6) is 1.08. The highest BCUT2D eigenvalue weighted by Gasteiger charge is 2.25. The number of nitrogens with one attached hydrogen (secondary N) is 1. The van der Waals surface area contributed by atoms with Crippen molar-refractivity contribution in [3.05, 3.63) is 64.7 Å². The minimum atomic E-state index is -0.0793. The Hall–Kier alpha value is -2.82. The molecule has 1 N–H and O–H groups in total. The molecule has 3 rings (SSSR count). The van der Waals surface area contributed by atoms with E-state index in [-0.39, 0.29) is 17.9 Å². The number of piperidine rings is 1. The Morgan fingerprint density at radius 3 is 2.53 bits per heavy atom. The second kappa shape index (κ2) is 9.79. The van der Waals surface area contributed by atoms with Crippen molar-refractivity contribution >= 4 is 11.8 Å². The number of nitrogens with zero attached hydrogens (tertiary/aromatic N) is 1. The van der Waals surface area contributed by atoms with Gasteiger partial charge in [0, 0.05) is 36.2 Å². The lowest BCUT2D eigenvalue weighted by Gasteiger charge is -2.33. The van der Waals surface area contributed by atoms with E-state index in [2.05, 4.69) is 11.4 Å². The lowest BCUT2D eigenvalue weighted by molar-refractivity contribution is 0.0632. The molecule has 0 radical (unpaired) electrons. The van der Waals surface area contributed by atoms with Crippen LogP contribution in [-0.4, -0.2) is 42.5 Å². The van der Waals surface area contributed by atoms with Crippen molar-refractivity contribution in [2.24, 2.45) is 5.92 Å². The topological polar surface area (TPSA) is 58.6 Å². The molecule has 160 valence electrons. The first-order valence-electron chi connectivity index (χ1n) is 10.7. The number of ether oxygens (including phenoxy) is 1. The molecule has 30 heavy (non-hydrogen) atoms. The molecule has 0 aromatic heterocycles. The molecular weight excluding hydrogens is 376 g/mol. The van der Waals surface area contributed by atoms with Crippen molar-refractivity contribution in [3.63, 3.8) is 0 Å². The fourth-order valence-corrected chi connectivity index (χ4v) is 3.87. The van der Waals surface area contributed by atoms with Crippen molar-refractivity contribution < 1.29 is 14.3 Å². The van der Waals surface area contributed by atoms with Gasteiger partial charge in [-0.2, -0.15) is 0 Å². The third-order valence-electron chi connectivity index (χ3n) is 5.44. The van der Waals surface area contributed by atoms with Gasteiger partial charge in [0.2, 0.25) is 0 Å². The second-order valence-corrected chi connectivity index (χ2v) is 8.54. The summed E-state index contributed by atoms with van der Waals surface area (Å²) in [6.45, 7) is 9.98. The third kappa shape index (κ3) is 5.62. The number of likely N-dealkylation sites (tertiary alicyclic amines) is 1. The van der Waals surface area contributed by atoms with E-state index in [9.17, 15) is 9.59 Å². The van der Waals surface area contributed by atoms with E-state index < -0.39 is 0 Å². The van der Waals surface area contributed by atoms with Crippen molar-refractivity contribution in [3.8, 4) is 5.75 Å². The van der Waals surface area contributed by atoms with Crippen LogP contribution in [0.3, 0.4) is 0 Å². The summed E-state index contributed by atoms with van der Waals surface area (Å²) in [4.78, 5) is 27.0. The van der Waals surface area contributed by atoms with Crippen LogP contribution in [0.15, 0.2) is 42.5 Å². The molecule has 0 spiro atoms. The van der Waals surface area contributed by atoms with Crippen molar-refractivity contribution in [2.45, 2.75) is 46.6 Å². The van der Waals surface area contributed by atoms with E-state index in [1.165, 1.54) is 5.56 Å². The largest absolute Gasteiger partial charge is 0.493 e. The molecule has 1 heterocycles. The third-order valence-corrected chi connectivity index (χ3v) is 5.44. The molecule has 1 atom stereocenters. The highest BCUT2D eigenvalue weighted by Crippen LogP contribution is 2.22. The van der Waals surface area contributed by atoms with Crippen LogP contribution < -0.4 is 10.1 Å². The van der Waals surface area contributed by atoms with Gasteiger partial charge in [-0.05, 0) is 76.4 Å². The van der Waals surface area contributed by atoms with Crippen LogP contribution in [0, 0.1) is 19.8 Å². The van der Waals surface area contributed by atoms with E-state index in [0.717, 1.165) is 36.3 Å². The lowest BCUT2D eigenvalue weighted by Crippen LogP contribution is -2.41. The monoisotopic (exact) mass is 408 g/mol. The van der Waals surface area contributed by atoms with Crippen LogP contribution in [0.25, 0.3) is 0 Å². The molecular formula is C25H32N2O3. The van der Waals surface area contributed by atoms with E-state index >= 15 is 0 Å². The number of amides is 2. The summed E-state index contributed by atoms with van der Waals surface area (Å²) >= 11 is 0. The zero-order chi connectivity index (χ0) is 21.7. The van der Waals surface area contributed by atoms with Gasteiger partial charge < -0.3 is 15.0 Å². The van der Waals surface area contributed by atoms with Gasteiger partial charge in [-0.15, -0.1) is 0 Å². The zero-order valence-electron chi connectivity index (χ0n) is 18.4. The Balaban J connectivity index is 1.55. The van der Waals surface area contributed by atoms with Crippen molar-refractivity contribution in [2.75, 3.05) is 19.7 Å². The number of carbonyl (C=O) groups excluding carboxylic acids is 2. The van der Waals surface area contributed by atoms with Crippen LogP contribution in [0.4, 0.5) is 0 Å². The highest BCUT2D eigenvalue weighted by atomic mass is 16.5. The summed E-state index contributed by atoms with van der Waals surface area (Å²) in [5.41, 5.74) is 3.61. The van der Waals surface area contributed by atoms with Crippen LogP contribution in [0.5, 0.6) is 5.75 Å². The number of rotatable bonds is 6. The number of carbonyl (C=O) groups is 2. The van der Waals surface area contributed by atoms with Gasteiger partial charge in [0.1, 0.15) is 5.75 Å². The maximum Gasteiger partial charge on any atom is 0.254 e. The van der Waals surface area contributed by atoms with Gasteiger partial charge in [0.05, 0.1) is 6.61 Å². The smallest absolute Gasteiger partial charge is 0.254 e. The molecule has 1 aliphatic rings. The highest BCUT2D eigenvalue weighted by molar-refractivity contribution is 5.96. The molecule has 5 heteroatoms. The molecule has 0 aliphatic carbocycles. The zero-order valence-corrected chi connectivity index (χ0v) is 18.4. The quantitative estimate of drug-likeness (QED) is 0.772. The van der Waals surface area contributed by atoms with Gasteiger partial charge >= 0.3 is 0 Å². The first-order valence-corrected chi connectivity index (χ1v) is 10.7. The molecule has 0 saturated carbocycles. The number of hydrogen-bond donors (Lipinski definition) is 1. The van der Waals surface area contributed by atoms with E-state index in [4.69, 9.17) is 4.74 Å². The first-order chi connectivity index (χ1) is 14.3. The standard InChI is InChI=1S/C25H32N2O3/c1-17(2)26-24(28)21-8-10-22(11-9-21)30-16-20-6-5-13-27(15-20)25(29)23-12-7-18(3)14-19(23)4/h7-12,14,17,20H,5-6,13,15-16H2,1-4H3,(H,26,28)/t20-/m0/s1. The molecule has 1 saturated heterocycles. The van der Waals surface area contributed by atoms with E-state index in [1.807, 2.05) is 56.9 Å². The Kier molecular flexibility index (Phi) is 7.14. The predicted octanol–water partition coefficient (Wildman–Crippen LogP) is 4.37. The second-order valence-electron chi connectivity index (χ2n) is 8.54. The van der Waals surface area contributed by atoms with E-state index in [1.54, 1.807) is 12.1 Å². The molecule has 1 fully saturated rings. The molecule has 2 amide bonds. The Bertz CT molecular complexity index is 890. The van der Waals surface area contributed by atoms with Crippen molar-refractivity contribution in [1.82, 2.24) is 10.2 Å². The maximum atomic E-state index is 13.0. The molecule has 0 bridgehead atoms. The molecule has 2 aromatic rings. The number of hydrogen-bond acceptors (Lipinski definition) is 3. The number of benzene rings is 2. The predicted molar refractivity (Wildman–Crippen MR) is 119 cm³/mol. The van der Waals surface area contributed by atoms with Gasteiger partial charge in [-0.1, -0.05) is 17.7 Å². The minimum absolute atomic E-state index is 0.0793. The summed E-state index contributed by atoms with van der Waals surface area (Å²) in [5, 5.41) is 2.88. The molecule has 0 unspecified atom stereocenters. The van der Waals surface area contributed by atoms with Crippen LogP contribution in [0.2, 0.25) is 0 Å². The van der Waals surface area contributed by atoms with Crippen LogP contribution in [0.1, 0.15) is 58.5 Å². The Labute approximate surface area is 179 Å². The summed E-state index contributed by atoms with van der Waals surface area (Å²) in [6, 6.07) is 13.3. The Morgan fingerprint density at radius 1 is 1.13 bits per heavy atom.